The van der Waals surface area contributed by atoms with Crippen molar-refractivity contribution in [1.29, 1.82) is 0 Å². The molecular formula is C17H22O7S. The molecule has 0 aliphatic carbocycles. The lowest BCUT2D eigenvalue weighted by molar-refractivity contribution is -0.184. The maximum atomic E-state index is 13.0. The van der Waals surface area contributed by atoms with Gasteiger partial charge in [0.05, 0.1) is 4.90 Å². The van der Waals surface area contributed by atoms with E-state index in [0.717, 1.165) is 5.56 Å². The van der Waals surface area contributed by atoms with Crippen molar-refractivity contribution in [2.45, 2.75) is 62.1 Å². The van der Waals surface area contributed by atoms with E-state index in [1.54, 1.807) is 38.1 Å². The predicted molar refractivity (Wildman–Crippen MR) is 87.5 cm³/mol. The van der Waals surface area contributed by atoms with Crippen LogP contribution in [-0.2, 0) is 33.6 Å². The number of aryl methyl sites for hydroxylation is 1. The zero-order chi connectivity index (χ0) is 18.4. The van der Waals surface area contributed by atoms with Crippen LogP contribution in [0.2, 0.25) is 0 Å². The van der Waals surface area contributed by atoms with Gasteiger partial charge in [-0.2, -0.15) is 0 Å². The van der Waals surface area contributed by atoms with Gasteiger partial charge in [-0.05, 0) is 32.9 Å². The minimum Gasteiger partial charge on any atom is -0.463 e. The van der Waals surface area contributed by atoms with Crippen LogP contribution in [0.15, 0.2) is 29.2 Å². The molecule has 0 saturated carbocycles. The average molecular weight is 370 g/mol. The minimum absolute atomic E-state index is 0.0874. The van der Waals surface area contributed by atoms with Crippen LogP contribution in [0.25, 0.3) is 0 Å². The summed E-state index contributed by atoms with van der Waals surface area (Å²) < 4.78 is 48.3. The number of ether oxygens (including phenoxy) is 4. The zero-order valence-corrected chi connectivity index (χ0v) is 15.4. The van der Waals surface area contributed by atoms with E-state index < -0.39 is 45.3 Å². The van der Waals surface area contributed by atoms with E-state index >= 15 is 0 Å². The lowest BCUT2D eigenvalue weighted by atomic mass is 10.1. The highest BCUT2D eigenvalue weighted by Gasteiger charge is 2.59. The molecule has 0 radical (unpaired) electrons. The molecule has 7 nitrogen and oxygen atoms in total. The van der Waals surface area contributed by atoms with Crippen LogP contribution in [0, 0.1) is 6.92 Å². The van der Waals surface area contributed by atoms with Crippen molar-refractivity contribution in [1.82, 2.24) is 0 Å². The molecule has 0 N–H and O–H groups in total. The number of rotatable bonds is 4. The number of benzene rings is 1. The fourth-order valence-electron chi connectivity index (χ4n) is 3.09. The van der Waals surface area contributed by atoms with Gasteiger partial charge in [0.15, 0.2) is 11.2 Å². The molecule has 138 valence electrons. The zero-order valence-electron chi connectivity index (χ0n) is 14.6. The van der Waals surface area contributed by atoms with Crippen LogP contribution in [0.1, 0.15) is 26.3 Å². The molecule has 25 heavy (non-hydrogen) atoms. The van der Waals surface area contributed by atoms with Crippen LogP contribution in [0.5, 0.6) is 0 Å². The van der Waals surface area contributed by atoms with E-state index in [0.29, 0.717) is 0 Å². The molecule has 1 aromatic carbocycles. The monoisotopic (exact) mass is 370 g/mol. The number of carbonyl (C=O) groups excluding carboxylic acids is 1. The first-order valence-corrected chi connectivity index (χ1v) is 9.60. The molecule has 4 atom stereocenters. The van der Waals surface area contributed by atoms with Crippen LogP contribution in [0.3, 0.4) is 0 Å². The second kappa shape index (κ2) is 6.35. The van der Waals surface area contributed by atoms with E-state index in [4.69, 9.17) is 18.9 Å². The molecule has 3 rings (SSSR count). The second-order valence-corrected chi connectivity index (χ2v) is 8.79. The summed E-state index contributed by atoms with van der Waals surface area (Å²) in [6.45, 7) is 6.50. The Bertz CT molecular complexity index is 754. The average Bonchev–Trinajstić information content (AvgIpc) is 2.99. The van der Waals surface area contributed by atoms with Gasteiger partial charge in [-0.15, -0.1) is 0 Å². The lowest BCUT2D eigenvalue weighted by Gasteiger charge is -2.24. The number of fused-ring (bicyclic) bond motifs is 1. The maximum absolute atomic E-state index is 13.0. The number of carbonyl (C=O) groups is 1. The van der Waals surface area contributed by atoms with Gasteiger partial charge in [0.2, 0.25) is 9.84 Å². The first-order chi connectivity index (χ1) is 11.6. The fraction of sp³-hybridized carbons (Fsp3) is 0.588. The Hall–Kier alpha value is -1.48. The Morgan fingerprint density at radius 3 is 2.36 bits per heavy atom. The summed E-state index contributed by atoms with van der Waals surface area (Å²) in [7, 11) is -3.80. The molecular weight excluding hydrogens is 348 g/mol. The van der Waals surface area contributed by atoms with E-state index in [1.165, 1.54) is 6.92 Å². The van der Waals surface area contributed by atoms with Crippen molar-refractivity contribution in [3.05, 3.63) is 29.8 Å². The number of hydrogen-bond donors (Lipinski definition) is 0. The summed E-state index contributed by atoms with van der Waals surface area (Å²) in [6.07, 6.45) is -2.12. The van der Waals surface area contributed by atoms with Crippen LogP contribution in [0.4, 0.5) is 0 Å². The largest absolute Gasteiger partial charge is 0.463 e. The first kappa shape index (κ1) is 18.3. The van der Waals surface area contributed by atoms with Gasteiger partial charge in [0.1, 0.15) is 24.9 Å². The molecule has 8 heteroatoms. The molecule has 0 amide bonds. The van der Waals surface area contributed by atoms with E-state index in [2.05, 4.69) is 0 Å². The summed E-state index contributed by atoms with van der Waals surface area (Å²) in [5.41, 5.74) is -0.263. The van der Waals surface area contributed by atoms with Crippen molar-refractivity contribution < 1.29 is 32.2 Å². The van der Waals surface area contributed by atoms with Gasteiger partial charge < -0.3 is 18.9 Å². The lowest BCUT2D eigenvalue weighted by Crippen LogP contribution is -2.35. The summed E-state index contributed by atoms with van der Waals surface area (Å²) in [5, 5.41) is 0. The van der Waals surface area contributed by atoms with Crippen molar-refractivity contribution >= 4 is 15.8 Å². The van der Waals surface area contributed by atoms with Crippen LogP contribution in [-0.4, -0.2) is 50.5 Å². The van der Waals surface area contributed by atoms with E-state index in [9.17, 15) is 13.2 Å². The van der Waals surface area contributed by atoms with Gasteiger partial charge in [0.25, 0.3) is 0 Å². The maximum Gasteiger partial charge on any atom is 0.302 e. The van der Waals surface area contributed by atoms with Crippen LogP contribution < -0.4 is 0 Å². The normalized spacial score (nSPS) is 30.9. The third-order valence-electron chi connectivity index (χ3n) is 4.21. The fourth-order valence-corrected chi connectivity index (χ4v) is 4.72. The van der Waals surface area contributed by atoms with Crippen molar-refractivity contribution in [2.24, 2.45) is 0 Å². The Kier molecular flexibility index (Phi) is 4.65. The molecule has 2 aliphatic rings. The summed E-state index contributed by atoms with van der Waals surface area (Å²) in [6, 6.07) is 6.55. The molecule has 0 aromatic heterocycles. The molecule has 0 bridgehead atoms. The summed E-state index contributed by atoms with van der Waals surface area (Å²) >= 11 is 0. The highest BCUT2D eigenvalue weighted by atomic mass is 32.2. The summed E-state index contributed by atoms with van der Waals surface area (Å²) in [4.78, 5) is 11.2. The number of sulfone groups is 1. The molecule has 0 unspecified atom stereocenters. The third-order valence-corrected chi connectivity index (χ3v) is 6.13. The third kappa shape index (κ3) is 3.57. The van der Waals surface area contributed by atoms with Gasteiger partial charge in [-0.1, -0.05) is 17.7 Å². The van der Waals surface area contributed by atoms with Gasteiger partial charge in [-0.25, -0.2) is 8.42 Å². The highest BCUT2D eigenvalue weighted by Crippen LogP contribution is 2.41. The van der Waals surface area contributed by atoms with Gasteiger partial charge >= 0.3 is 5.97 Å². The topological polar surface area (TPSA) is 88.1 Å². The van der Waals surface area contributed by atoms with Gasteiger partial charge in [0, 0.05) is 6.92 Å². The first-order valence-electron chi connectivity index (χ1n) is 8.05. The number of esters is 1. The molecule has 2 aliphatic heterocycles. The van der Waals surface area contributed by atoms with E-state index in [1.807, 2.05) is 6.92 Å². The van der Waals surface area contributed by atoms with Gasteiger partial charge in [-0.3, -0.25) is 4.79 Å². The molecule has 1 aromatic rings. The standard InChI is InChI=1S/C17H22O7S/c1-10-5-7-12(8-6-10)25(19,20)16-15-14(23-17(3,4)24-15)13(22-16)9-21-11(2)18/h5-8,13-16H,9H2,1-4H3/t13-,14-,15-,16+/m1/s1. The Labute approximate surface area is 147 Å². The van der Waals surface area contributed by atoms with Crippen molar-refractivity contribution in [3.8, 4) is 0 Å². The Morgan fingerprint density at radius 1 is 1.16 bits per heavy atom. The minimum atomic E-state index is -3.80. The molecule has 2 fully saturated rings. The molecule has 2 saturated heterocycles. The molecule has 2 heterocycles. The van der Waals surface area contributed by atoms with E-state index in [-0.39, 0.29) is 11.5 Å². The summed E-state index contributed by atoms with van der Waals surface area (Å²) in [5.74, 6) is -1.41. The number of hydrogen-bond acceptors (Lipinski definition) is 7. The van der Waals surface area contributed by atoms with Crippen molar-refractivity contribution in [2.75, 3.05) is 6.61 Å². The smallest absolute Gasteiger partial charge is 0.302 e. The quantitative estimate of drug-likeness (QED) is 0.744. The SMILES string of the molecule is CC(=O)OC[C@H]1O[C@@H](S(=O)(=O)c2ccc(C)cc2)[C@@H]2OC(C)(C)O[C@@H]21. The van der Waals surface area contributed by atoms with Crippen molar-refractivity contribution in [3.63, 3.8) is 0 Å². The Balaban J connectivity index is 1.90. The van der Waals surface area contributed by atoms with Crippen LogP contribution >= 0.6 is 0 Å². The highest BCUT2D eigenvalue weighted by molar-refractivity contribution is 7.92. The Morgan fingerprint density at radius 2 is 1.76 bits per heavy atom. The molecule has 0 spiro atoms. The predicted octanol–water partition coefficient (Wildman–Crippen LogP) is 1.58. The second-order valence-electron chi connectivity index (χ2n) is 6.77.